The molecule has 2 N–H and O–H groups in total. The molecule has 0 radical (unpaired) electrons. The summed E-state index contributed by atoms with van der Waals surface area (Å²) in [7, 11) is 0. The van der Waals surface area contributed by atoms with Crippen LogP contribution in [0.2, 0.25) is 0 Å². The Balaban J connectivity index is 2.40. The molecule has 0 saturated carbocycles. The number of aromatic nitrogens is 1. The lowest BCUT2D eigenvalue weighted by molar-refractivity contribution is 0.113. The molecule has 5 heteroatoms. The number of halogens is 1. The van der Waals surface area contributed by atoms with E-state index < -0.39 is 11.2 Å². The number of aliphatic hydroxyl groups is 2. The number of thiazole rings is 1. The van der Waals surface area contributed by atoms with Crippen molar-refractivity contribution < 1.29 is 14.6 Å². The maximum Gasteiger partial charge on any atom is 0.127 e. The highest BCUT2D eigenvalue weighted by Crippen LogP contribution is 2.31. The number of nitrogens with zero attached hydrogens (tertiary/aromatic N) is 1. The van der Waals surface area contributed by atoms with E-state index in [9.17, 15) is 14.6 Å². The molecule has 0 spiro atoms. The van der Waals surface area contributed by atoms with Gasteiger partial charge in [0, 0.05) is 17.5 Å². The van der Waals surface area contributed by atoms with E-state index in [1.807, 2.05) is 12.3 Å². The molecule has 0 atom stereocenters. The molecule has 0 amide bonds. The Kier molecular flexibility index (Phi) is 4.29. The molecule has 0 aliphatic carbocycles. The zero-order chi connectivity index (χ0) is 13.9. The van der Waals surface area contributed by atoms with Crippen molar-refractivity contribution in [2.24, 2.45) is 0 Å². The van der Waals surface area contributed by atoms with Crippen molar-refractivity contribution in [2.45, 2.75) is 18.8 Å². The van der Waals surface area contributed by atoms with Crippen LogP contribution in [0.4, 0.5) is 4.39 Å². The number of hydrogen-bond acceptors (Lipinski definition) is 4. The predicted octanol–water partition coefficient (Wildman–Crippen LogP) is 2.06. The SMILES string of the molecule is Cc1csc(CC(CO)(CO)c2ccccc2F)n1. The van der Waals surface area contributed by atoms with Gasteiger partial charge in [0.2, 0.25) is 0 Å². The van der Waals surface area contributed by atoms with Crippen molar-refractivity contribution in [3.05, 3.63) is 51.7 Å². The highest BCUT2D eigenvalue weighted by Gasteiger charge is 2.34. The Hall–Kier alpha value is -1.30. The number of aryl methyl sites for hydroxylation is 1. The van der Waals surface area contributed by atoms with Crippen LogP contribution in [0.5, 0.6) is 0 Å². The van der Waals surface area contributed by atoms with Crippen LogP contribution in [0.3, 0.4) is 0 Å². The third-order valence-corrected chi connectivity index (χ3v) is 4.17. The van der Waals surface area contributed by atoms with Crippen molar-refractivity contribution >= 4 is 11.3 Å². The second-order valence-corrected chi connectivity index (χ2v) is 5.58. The second-order valence-electron chi connectivity index (χ2n) is 4.64. The van der Waals surface area contributed by atoms with Gasteiger partial charge in [0.05, 0.1) is 23.6 Å². The summed E-state index contributed by atoms with van der Waals surface area (Å²) in [5, 5.41) is 22.0. The summed E-state index contributed by atoms with van der Waals surface area (Å²) in [5.74, 6) is -0.418. The van der Waals surface area contributed by atoms with Gasteiger partial charge in [0.1, 0.15) is 5.82 Å². The molecule has 2 aromatic rings. The molecule has 0 unspecified atom stereocenters. The summed E-state index contributed by atoms with van der Waals surface area (Å²) < 4.78 is 13.9. The van der Waals surface area contributed by atoms with Crippen molar-refractivity contribution in [2.75, 3.05) is 13.2 Å². The molecule has 102 valence electrons. The molecule has 1 aromatic carbocycles. The zero-order valence-electron chi connectivity index (χ0n) is 10.6. The summed E-state index contributed by atoms with van der Waals surface area (Å²) in [5.41, 5.74) is 0.182. The highest BCUT2D eigenvalue weighted by molar-refractivity contribution is 7.09. The van der Waals surface area contributed by atoms with Gasteiger partial charge < -0.3 is 10.2 Å². The molecule has 0 saturated heterocycles. The van der Waals surface area contributed by atoms with E-state index in [1.165, 1.54) is 17.4 Å². The van der Waals surface area contributed by atoms with Gasteiger partial charge in [-0.2, -0.15) is 0 Å². The standard InChI is InChI=1S/C14H16FNO2S/c1-10-7-19-13(16-10)6-14(8-17,9-18)11-4-2-3-5-12(11)15/h2-5,7,17-18H,6,8-9H2,1H3. The average molecular weight is 281 g/mol. The first-order valence-corrected chi connectivity index (χ1v) is 6.87. The van der Waals surface area contributed by atoms with Gasteiger partial charge in [0.25, 0.3) is 0 Å². The number of hydrogen-bond donors (Lipinski definition) is 2. The first kappa shape index (κ1) is 14.1. The molecule has 1 heterocycles. The zero-order valence-corrected chi connectivity index (χ0v) is 11.5. The first-order valence-electron chi connectivity index (χ1n) is 5.99. The second kappa shape index (κ2) is 5.77. The van der Waals surface area contributed by atoms with E-state index >= 15 is 0 Å². The van der Waals surface area contributed by atoms with E-state index in [-0.39, 0.29) is 13.2 Å². The van der Waals surface area contributed by atoms with Gasteiger partial charge >= 0.3 is 0 Å². The van der Waals surface area contributed by atoms with Crippen LogP contribution in [0.15, 0.2) is 29.6 Å². The van der Waals surface area contributed by atoms with E-state index in [1.54, 1.807) is 18.2 Å². The first-order chi connectivity index (χ1) is 9.11. The van der Waals surface area contributed by atoms with Crippen LogP contribution in [0.1, 0.15) is 16.3 Å². The largest absolute Gasteiger partial charge is 0.395 e. The van der Waals surface area contributed by atoms with Gasteiger partial charge in [-0.05, 0) is 18.6 Å². The fourth-order valence-corrected chi connectivity index (χ4v) is 3.01. The fourth-order valence-electron chi connectivity index (χ4n) is 2.09. The Labute approximate surface area is 115 Å². The third kappa shape index (κ3) is 2.83. The van der Waals surface area contributed by atoms with Gasteiger partial charge in [-0.1, -0.05) is 18.2 Å². The van der Waals surface area contributed by atoms with E-state index in [4.69, 9.17) is 0 Å². The lowest BCUT2D eigenvalue weighted by atomic mass is 9.79. The molecule has 0 aliphatic heterocycles. The van der Waals surface area contributed by atoms with Crippen LogP contribution in [0.25, 0.3) is 0 Å². The van der Waals surface area contributed by atoms with Crippen LogP contribution in [0, 0.1) is 12.7 Å². The Morgan fingerprint density at radius 1 is 1.26 bits per heavy atom. The monoisotopic (exact) mass is 281 g/mol. The third-order valence-electron chi connectivity index (χ3n) is 3.21. The van der Waals surface area contributed by atoms with Crippen LogP contribution in [-0.2, 0) is 11.8 Å². The summed E-state index contributed by atoms with van der Waals surface area (Å²) in [6.45, 7) is 1.22. The van der Waals surface area contributed by atoms with Gasteiger partial charge in [-0.3, -0.25) is 0 Å². The minimum Gasteiger partial charge on any atom is -0.395 e. The predicted molar refractivity (Wildman–Crippen MR) is 72.8 cm³/mol. The van der Waals surface area contributed by atoms with Crippen LogP contribution >= 0.6 is 11.3 Å². The number of aliphatic hydroxyl groups excluding tert-OH is 2. The highest BCUT2D eigenvalue weighted by atomic mass is 32.1. The van der Waals surface area contributed by atoms with Crippen molar-refractivity contribution in [1.82, 2.24) is 4.98 Å². The average Bonchev–Trinajstić information content (AvgIpc) is 2.82. The quantitative estimate of drug-likeness (QED) is 0.882. The summed E-state index contributed by atoms with van der Waals surface area (Å²) >= 11 is 1.45. The molecule has 19 heavy (non-hydrogen) atoms. The normalized spacial score (nSPS) is 11.8. The number of rotatable bonds is 5. The summed E-state index contributed by atoms with van der Waals surface area (Å²) in [6, 6.07) is 6.22. The topological polar surface area (TPSA) is 53.4 Å². The molecule has 3 nitrogen and oxygen atoms in total. The molecule has 0 bridgehead atoms. The van der Waals surface area contributed by atoms with Crippen LogP contribution < -0.4 is 0 Å². The summed E-state index contributed by atoms with van der Waals surface area (Å²) in [4.78, 5) is 4.32. The molecular formula is C14H16FNO2S. The Morgan fingerprint density at radius 3 is 2.47 bits per heavy atom. The molecule has 0 aliphatic rings. The van der Waals surface area contributed by atoms with Gasteiger partial charge in [-0.25, -0.2) is 9.37 Å². The molecular weight excluding hydrogens is 265 g/mol. The van der Waals surface area contributed by atoms with Crippen molar-refractivity contribution in [3.63, 3.8) is 0 Å². The number of benzene rings is 1. The van der Waals surface area contributed by atoms with Gasteiger partial charge in [0.15, 0.2) is 0 Å². The minimum atomic E-state index is -1.03. The van der Waals surface area contributed by atoms with Crippen LogP contribution in [-0.4, -0.2) is 28.4 Å². The van der Waals surface area contributed by atoms with Gasteiger partial charge in [-0.15, -0.1) is 11.3 Å². The lowest BCUT2D eigenvalue weighted by Crippen LogP contribution is -2.38. The molecule has 0 fully saturated rings. The Morgan fingerprint density at radius 2 is 1.95 bits per heavy atom. The Bertz CT molecular complexity index is 552. The van der Waals surface area contributed by atoms with E-state index in [2.05, 4.69) is 4.98 Å². The summed E-state index contributed by atoms with van der Waals surface area (Å²) in [6.07, 6.45) is 0.319. The maximum absolute atomic E-state index is 13.9. The molecule has 1 aromatic heterocycles. The van der Waals surface area contributed by atoms with Crippen molar-refractivity contribution in [1.29, 1.82) is 0 Å². The maximum atomic E-state index is 13.9. The minimum absolute atomic E-state index is 0.319. The van der Waals surface area contributed by atoms with E-state index in [0.717, 1.165) is 10.7 Å². The van der Waals surface area contributed by atoms with E-state index in [0.29, 0.717) is 12.0 Å². The fraction of sp³-hybridized carbons (Fsp3) is 0.357. The lowest BCUT2D eigenvalue weighted by Gasteiger charge is -2.29. The molecule has 2 rings (SSSR count). The smallest absolute Gasteiger partial charge is 0.127 e. The van der Waals surface area contributed by atoms with Crippen molar-refractivity contribution in [3.8, 4) is 0 Å².